The minimum absolute atomic E-state index is 0.254. The van der Waals surface area contributed by atoms with Crippen LogP contribution < -0.4 is 0 Å². The first kappa shape index (κ1) is 21.0. The van der Waals surface area contributed by atoms with Crippen molar-refractivity contribution in [1.29, 1.82) is 0 Å². The third kappa shape index (κ3) is 4.91. The zero-order valence-corrected chi connectivity index (χ0v) is 17.3. The van der Waals surface area contributed by atoms with Crippen molar-refractivity contribution < 1.29 is 17.6 Å². The van der Waals surface area contributed by atoms with E-state index < -0.39 is 16.0 Å². The molecule has 0 N–H and O–H groups in total. The third-order valence-electron chi connectivity index (χ3n) is 4.27. The van der Waals surface area contributed by atoms with Crippen molar-refractivity contribution in [1.82, 2.24) is 13.5 Å². The molecule has 2 rings (SSSR count). The van der Waals surface area contributed by atoms with Crippen LogP contribution in [0.3, 0.4) is 0 Å². The standard InChI is InChI=1S/C17H23BrFN3O3S/c1-3-21(4-2)26(24,25)22-11-9-20(10-12-22)17(23)8-5-14-13-15(18)6-7-16(14)19/h5-8,13H,3-4,9-12H2,1-2H3/b8-5+. The maximum Gasteiger partial charge on any atom is 0.282 e. The summed E-state index contributed by atoms with van der Waals surface area (Å²) in [6, 6.07) is 4.50. The van der Waals surface area contributed by atoms with Gasteiger partial charge in [-0.25, -0.2) is 4.39 Å². The second-order valence-electron chi connectivity index (χ2n) is 5.82. The van der Waals surface area contributed by atoms with Crippen LogP contribution in [0.25, 0.3) is 6.08 Å². The highest BCUT2D eigenvalue weighted by atomic mass is 79.9. The van der Waals surface area contributed by atoms with E-state index in [0.717, 1.165) is 4.47 Å². The molecule has 0 aliphatic carbocycles. The van der Waals surface area contributed by atoms with E-state index in [1.165, 1.54) is 26.8 Å². The van der Waals surface area contributed by atoms with Gasteiger partial charge in [0.25, 0.3) is 10.2 Å². The van der Waals surface area contributed by atoms with Crippen molar-refractivity contribution in [3.63, 3.8) is 0 Å². The Balaban J connectivity index is 1.98. The Hall–Kier alpha value is -1.29. The Morgan fingerprint density at radius 1 is 1.23 bits per heavy atom. The Morgan fingerprint density at radius 3 is 2.42 bits per heavy atom. The van der Waals surface area contributed by atoms with Crippen molar-refractivity contribution in [3.05, 3.63) is 40.1 Å². The average Bonchev–Trinajstić information content (AvgIpc) is 2.63. The van der Waals surface area contributed by atoms with Gasteiger partial charge in [-0.3, -0.25) is 4.79 Å². The van der Waals surface area contributed by atoms with Crippen LogP contribution >= 0.6 is 15.9 Å². The van der Waals surface area contributed by atoms with Gasteiger partial charge in [-0.05, 0) is 24.3 Å². The number of nitrogens with zero attached hydrogens (tertiary/aromatic N) is 3. The van der Waals surface area contributed by atoms with Gasteiger partial charge in [0.1, 0.15) is 5.82 Å². The fourth-order valence-corrected chi connectivity index (χ4v) is 4.74. The molecule has 9 heteroatoms. The quantitative estimate of drug-likeness (QED) is 0.628. The van der Waals surface area contributed by atoms with Gasteiger partial charge >= 0.3 is 0 Å². The first-order valence-electron chi connectivity index (χ1n) is 8.46. The number of hydrogen-bond donors (Lipinski definition) is 0. The van der Waals surface area contributed by atoms with Crippen LogP contribution in [0.4, 0.5) is 4.39 Å². The number of halogens is 2. The van der Waals surface area contributed by atoms with Crippen LogP contribution in [-0.2, 0) is 15.0 Å². The zero-order valence-electron chi connectivity index (χ0n) is 14.9. The number of piperazine rings is 1. The second kappa shape index (κ2) is 9.07. The van der Waals surface area contributed by atoms with Crippen molar-refractivity contribution in [2.45, 2.75) is 13.8 Å². The minimum Gasteiger partial charge on any atom is -0.337 e. The summed E-state index contributed by atoms with van der Waals surface area (Å²) in [7, 11) is -3.48. The SMILES string of the molecule is CCN(CC)S(=O)(=O)N1CCN(C(=O)/C=C/c2cc(Br)ccc2F)CC1. The predicted octanol–water partition coefficient (Wildman–Crippen LogP) is 2.33. The second-order valence-corrected chi connectivity index (χ2v) is 8.66. The van der Waals surface area contributed by atoms with E-state index in [-0.39, 0.29) is 19.0 Å². The third-order valence-corrected chi connectivity index (χ3v) is 6.95. The summed E-state index contributed by atoms with van der Waals surface area (Å²) in [5, 5.41) is 0. The summed E-state index contributed by atoms with van der Waals surface area (Å²) in [6.07, 6.45) is 2.75. The summed E-state index contributed by atoms with van der Waals surface area (Å²) in [6.45, 7) is 5.56. The Kier molecular flexibility index (Phi) is 7.33. The molecule has 0 bridgehead atoms. The number of carbonyl (C=O) groups is 1. The van der Waals surface area contributed by atoms with Crippen molar-refractivity contribution in [2.75, 3.05) is 39.3 Å². The van der Waals surface area contributed by atoms with E-state index >= 15 is 0 Å². The summed E-state index contributed by atoms with van der Waals surface area (Å²) in [5.74, 6) is -0.670. The van der Waals surface area contributed by atoms with Crippen LogP contribution in [0.1, 0.15) is 19.4 Å². The number of amides is 1. The van der Waals surface area contributed by atoms with E-state index in [4.69, 9.17) is 0 Å². The summed E-state index contributed by atoms with van der Waals surface area (Å²) in [4.78, 5) is 13.9. The minimum atomic E-state index is -3.48. The molecule has 1 aromatic carbocycles. The zero-order chi connectivity index (χ0) is 19.3. The molecule has 0 spiro atoms. The molecule has 144 valence electrons. The Morgan fingerprint density at radius 2 is 1.85 bits per heavy atom. The van der Waals surface area contributed by atoms with Gasteiger partial charge in [0.05, 0.1) is 0 Å². The van der Waals surface area contributed by atoms with Crippen LogP contribution in [0, 0.1) is 5.82 Å². The highest BCUT2D eigenvalue weighted by Gasteiger charge is 2.31. The molecule has 0 aromatic heterocycles. The molecular formula is C17H23BrFN3O3S. The van der Waals surface area contributed by atoms with E-state index in [0.29, 0.717) is 31.7 Å². The number of benzene rings is 1. The largest absolute Gasteiger partial charge is 0.337 e. The summed E-state index contributed by atoms with van der Waals surface area (Å²) < 4.78 is 42.2. The van der Waals surface area contributed by atoms with E-state index in [2.05, 4.69) is 15.9 Å². The molecule has 1 aromatic rings. The molecule has 0 radical (unpaired) electrons. The molecule has 6 nitrogen and oxygen atoms in total. The smallest absolute Gasteiger partial charge is 0.282 e. The van der Waals surface area contributed by atoms with Crippen LogP contribution in [0.5, 0.6) is 0 Å². The molecule has 1 heterocycles. The van der Waals surface area contributed by atoms with Gasteiger partial charge in [-0.1, -0.05) is 29.8 Å². The number of carbonyl (C=O) groups excluding carboxylic acids is 1. The van der Waals surface area contributed by atoms with Gasteiger partial charge in [0, 0.05) is 55.4 Å². The maximum absolute atomic E-state index is 13.7. The highest BCUT2D eigenvalue weighted by Crippen LogP contribution is 2.17. The molecule has 1 aliphatic rings. The molecule has 1 amide bonds. The van der Waals surface area contributed by atoms with Crippen LogP contribution in [0.15, 0.2) is 28.7 Å². The normalized spacial score (nSPS) is 16.6. The summed E-state index contributed by atoms with van der Waals surface area (Å²) >= 11 is 3.27. The fourth-order valence-electron chi connectivity index (χ4n) is 2.76. The Bertz CT molecular complexity index is 773. The lowest BCUT2D eigenvalue weighted by molar-refractivity contribution is -0.127. The van der Waals surface area contributed by atoms with Gasteiger partial charge in [0.2, 0.25) is 5.91 Å². The number of hydrogen-bond acceptors (Lipinski definition) is 3. The maximum atomic E-state index is 13.7. The highest BCUT2D eigenvalue weighted by molar-refractivity contribution is 9.10. The van der Waals surface area contributed by atoms with Crippen LogP contribution in [-0.4, -0.2) is 67.1 Å². The van der Waals surface area contributed by atoms with E-state index in [9.17, 15) is 17.6 Å². The Labute approximate surface area is 162 Å². The van der Waals surface area contributed by atoms with Gasteiger partial charge in [-0.2, -0.15) is 17.0 Å². The van der Waals surface area contributed by atoms with Gasteiger partial charge in [-0.15, -0.1) is 0 Å². The first-order valence-corrected chi connectivity index (χ1v) is 10.7. The van der Waals surface area contributed by atoms with Crippen LogP contribution in [0.2, 0.25) is 0 Å². The lowest BCUT2D eigenvalue weighted by Crippen LogP contribution is -2.53. The van der Waals surface area contributed by atoms with Crippen molar-refractivity contribution >= 4 is 38.1 Å². The summed E-state index contributed by atoms with van der Waals surface area (Å²) in [5.41, 5.74) is 0.315. The van der Waals surface area contributed by atoms with Gasteiger partial charge in [0.15, 0.2) is 0 Å². The molecule has 0 unspecified atom stereocenters. The molecule has 1 fully saturated rings. The molecule has 0 saturated carbocycles. The van der Waals surface area contributed by atoms with E-state index in [1.54, 1.807) is 30.9 Å². The average molecular weight is 448 g/mol. The topological polar surface area (TPSA) is 60.9 Å². The molecule has 1 saturated heterocycles. The molecule has 26 heavy (non-hydrogen) atoms. The number of rotatable bonds is 6. The van der Waals surface area contributed by atoms with Crippen molar-refractivity contribution in [2.24, 2.45) is 0 Å². The fraction of sp³-hybridized carbons (Fsp3) is 0.471. The lowest BCUT2D eigenvalue weighted by atomic mass is 10.2. The first-order chi connectivity index (χ1) is 12.3. The van der Waals surface area contributed by atoms with Crippen molar-refractivity contribution in [3.8, 4) is 0 Å². The van der Waals surface area contributed by atoms with Gasteiger partial charge < -0.3 is 4.90 Å². The molecular weight excluding hydrogens is 425 g/mol. The molecule has 1 aliphatic heterocycles. The molecule has 0 atom stereocenters. The predicted molar refractivity (Wildman–Crippen MR) is 103 cm³/mol. The van der Waals surface area contributed by atoms with E-state index in [1.807, 2.05) is 0 Å². The monoisotopic (exact) mass is 447 g/mol. The lowest BCUT2D eigenvalue weighted by Gasteiger charge is -2.35.